The van der Waals surface area contributed by atoms with Crippen molar-refractivity contribution in [1.82, 2.24) is 15.1 Å². The number of likely N-dealkylation sites (N-methyl/N-ethyl adjacent to an activating group) is 2. The molecule has 0 saturated heterocycles. The molecule has 15 heavy (non-hydrogen) atoms. The van der Waals surface area contributed by atoms with E-state index in [4.69, 9.17) is 5.11 Å². The Bertz CT molecular complexity index is 219. The average Bonchev–Trinajstić information content (AvgIpc) is 2.13. The van der Waals surface area contributed by atoms with E-state index < -0.39 is 5.97 Å². The Labute approximate surface area is 89.8 Å². The molecule has 6 heteroatoms. The van der Waals surface area contributed by atoms with Crippen LogP contribution in [0.5, 0.6) is 0 Å². The summed E-state index contributed by atoms with van der Waals surface area (Å²) in [4.78, 5) is 25.0. The van der Waals surface area contributed by atoms with Crippen molar-refractivity contribution in [3.8, 4) is 0 Å². The lowest BCUT2D eigenvalue weighted by atomic mass is 10.4. The van der Waals surface area contributed by atoms with Crippen molar-refractivity contribution in [2.45, 2.75) is 6.42 Å². The standard InChI is InChI=1S/C9H19N3O3/c1-11(2)6-7-12(3)9(15)10-5-4-8(13)14/h4-7H2,1-3H3,(H,10,15)(H,13,14). The van der Waals surface area contributed by atoms with Gasteiger partial charge in [0.2, 0.25) is 0 Å². The zero-order valence-electron chi connectivity index (χ0n) is 9.49. The quantitative estimate of drug-likeness (QED) is 0.638. The van der Waals surface area contributed by atoms with Crippen LogP contribution in [0.4, 0.5) is 4.79 Å². The van der Waals surface area contributed by atoms with E-state index in [1.54, 1.807) is 7.05 Å². The number of urea groups is 1. The zero-order valence-corrected chi connectivity index (χ0v) is 9.49. The first-order valence-electron chi connectivity index (χ1n) is 4.79. The highest BCUT2D eigenvalue weighted by molar-refractivity contribution is 5.74. The van der Waals surface area contributed by atoms with Gasteiger partial charge in [0.1, 0.15) is 0 Å². The molecule has 0 aliphatic carbocycles. The normalized spacial score (nSPS) is 10.1. The summed E-state index contributed by atoms with van der Waals surface area (Å²) < 4.78 is 0. The highest BCUT2D eigenvalue weighted by Crippen LogP contribution is 1.86. The van der Waals surface area contributed by atoms with Gasteiger partial charge in [-0.05, 0) is 14.1 Å². The van der Waals surface area contributed by atoms with Crippen LogP contribution in [0, 0.1) is 0 Å². The predicted octanol–water partition coefficient (Wildman–Crippen LogP) is -0.336. The first-order valence-corrected chi connectivity index (χ1v) is 4.79. The number of nitrogens with one attached hydrogen (secondary N) is 1. The van der Waals surface area contributed by atoms with Crippen molar-refractivity contribution in [2.75, 3.05) is 40.8 Å². The van der Waals surface area contributed by atoms with Crippen molar-refractivity contribution >= 4 is 12.0 Å². The summed E-state index contributed by atoms with van der Waals surface area (Å²) in [7, 11) is 5.53. The van der Waals surface area contributed by atoms with Crippen molar-refractivity contribution in [2.24, 2.45) is 0 Å². The molecule has 0 aliphatic rings. The van der Waals surface area contributed by atoms with Crippen LogP contribution in [-0.2, 0) is 4.79 Å². The first kappa shape index (κ1) is 13.7. The summed E-state index contributed by atoms with van der Waals surface area (Å²) in [5, 5.41) is 10.9. The van der Waals surface area contributed by atoms with Gasteiger partial charge in [0, 0.05) is 26.7 Å². The van der Waals surface area contributed by atoms with Gasteiger partial charge in [-0.1, -0.05) is 0 Å². The van der Waals surface area contributed by atoms with Gasteiger partial charge in [-0.2, -0.15) is 0 Å². The molecule has 2 N–H and O–H groups in total. The number of carbonyl (C=O) groups is 2. The summed E-state index contributed by atoms with van der Waals surface area (Å²) in [6, 6.07) is -0.238. The third-order valence-electron chi connectivity index (χ3n) is 1.84. The van der Waals surface area contributed by atoms with Crippen molar-refractivity contribution < 1.29 is 14.7 Å². The van der Waals surface area contributed by atoms with E-state index in [0.29, 0.717) is 6.54 Å². The SMILES string of the molecule is CN(C)CCN(C)C(=O)NCCC(=O)O. The molecule has 0 aromatic heterocycles. The van der Waals surface area contributed by atoms with E-state index in [9.17, 15) is 9.59 Å². The van der Waals surface area contributed by atoms with E-state index in [-0.39, 0.29) is 19.0 Å². The molecule has 0 bridgehead atoms. The second kappa shape index (κ2) is 7.05. The number of carboxylic acids is 1. The van der Waals surface area contributed by atoms with E-state index in [2.05, 4.69) is 5.32 Å². The molecule has 88 valence electrons. The van der Waals surface area contributed by atoms with Gasteiger partial charge in [0.15, 0.2) is 0 Å². The third-order valence-corrected chi connectivity index (χ3v) is 1.84. The number of carboxylic acid groups (broad SMARTS) is 1. The van der Waals surface area contributed by atoms with Gasteiger partial charge in [-0.3, -0.25) is 4.79 Å². The monoisotopic (exact) mass is 217 g/mol. The van der Waals surface area contributed by atoms with E-state index in [1.165, 1.54) is 4.90 Å². The molecule has 0 fully saturated rings. The molecule has 6 nitrogen and oxygen atoms in total. The minimum Gasteiger partial charge on any atom is -0.481 e. The Kier molecular flexibility index (Phi) is 6.44. The van der Waals surface area contributed by atoms with Crippen molar-refractivity contribution in [3.05, 3.63) is 0 Å². The number of nitrogens with zero attached hydrogens (tertiary/aromatic N) is 2. The number of carbonyl (C=O) groups excluding carboxylic acids is 1. The topological polar surface area (TPSA) is 72.9 Å². The molecule has 0 rings (SSSR count). The lowest BCUT2D eigenvalue weighted by molar-refractivity contribution is -0.136. The van der Waals surface area contributed by atoms with Crippen LogP contribution in [0.15, 0.2) is 0 Å². The molecule has 0 saturated carbocycles. The highest BCUT2D eigenvalue weighted by atomic mass is 16.4. The maximum Gasteiger partial charge on any atom is 0.317 e. The Morgan fingerprint density at radius 2 is 1.80 bits per heavy atom. The summed E-state index contributed by atoms with van der Waals surface area (Å²) in [5.41, 5.74) is 0. The van der Waals surface area contributed by atoms with Crippen LogP contribution in [0.2, 0.25) is 0 Å². The van der Waals surface area contributed by atoms with Gasteiger partial charge in [0.05, 0.1) is 6.42 Å². The number of hydrogen-bond donors (Lipinski definition) is 2. The first-order chi connectivity index (χ1) is 6.93. The summed E-state index contributed by atoms with van der Waals surface area (Å²) in [6.45, 7) is 1.56. The van der Waals surface area contributed by atoms with Gasteiger partial charge >= 0.3 is 12.0 Å². The van der Waals surface area contributed by atoms with Gasteiger partial charge in [0.25, 0.3) is 0 Å². The van der Waals surface area contributed by atoms with Gasteiger partial charge in [-0.15, -0.1) is 0 Å². The van der Waals surface area contributed by atoms with Crippen LogP contribution >= 0.6 is 0 Å². The maximum absolute atomic E-state index is 11.3. The number of rotatable bonds is 6. The molecule has 0 unspecified atom stereocenters. The summed E-state index contributed by atoms with van der Waals surface area (Å²) >= 11 is 0. The second-order valence-corrected chi connectivity index (χ2v) is 3.60. The molecule has 0 atom stereocenters. The van der Waals surface area contributed by atoms with Gasteiger partial charge in [-0.25, -0.2) is 4.79 Å². The molecular weight excluding hydrogens is 198 g/mol. The molecule has 0 radical (unpaired) electrons. The Balaban J connectivity index is 3.64. The predicted molar refractivity (Wildman–Crippen MR) is 56.8 cm³/mol. The molecular formula is C9H19N3O3. The minimum atomic E-state index is -0.911. The molecule has 2 amide bonds. The number of amides is 2. The Morgan fingerprint density at radius 3 is 2.27 bits per heavy atom. The minimum absolute atomic E-state index is 0.0484. The van der Waals surface area contributed by atoms with E-state index >= 15 is 0 Å². The van der Waals surface area contributed by atoms with Crippen LogP contribution in [0.1, 0.15) is 6.42 Å². The van der Waals surface area contributed by atoms with Crippen LogP contribution in [-0.4, -0.2) is 67.7 Å². The summed E-state index contributed by atoms with van der Waals surface area (Å²) in [5.74, 6) is -0.911. The smallest absolute Gasteiger partial charge is 0.317 e. The largest absolute Gasteiger partial charge is 0.481 e. The van der Waals surface area contributed by atoms with E-state index in [1.807, 2.05) is 19.0 Å². The Morgan fingerprint density at radius 1 is 1.20 bits per heavy atom. The lowest BCUT2D eigenvalue weighted by Gasteiger charge is -2.19. The fraction of sp³-hybridized carbons (Fsp3) is 0.778. The molecule has 0 aromatic carbocycles. The molecule has 0 heterocycles. The van der Waals surface area contributed by atoms with E-state index in [0.717, 1.165) is 6.54 Å². The molecule has 0 spiro atoms. The van der Waals surface area contributed by atoms with Crippen LogP contribution < -0.4 is 5.32 Å². The maximum atomic E-state index is 11.3. The molecule has 0 aromatic rings. The van der Waals surface area contributed by atoms with Crippen molar-refractivity contribution in [3.63, 3.8) is 0 Å². The second-order valence-electron chi connectivity index (χ2n) is 3.60. The fourth-order valence-corrected chi connectivity index (χ4v) is 0.863. The number of hydrogen-bond acceptors (Lipinski definition) is 3. The summed E-state index contributed by atoms with van der Waals surface area (Å²) in [6.07, 6.45) is -0.0484. The van der Waals surface area contributed by atoms with Gasteiger partial charge < -0.3 is 20.2 Å². The third kappa shape index (κ3) is 7.75. The van der Waals surface area contributed by atoms with Crippen molar-refractivity contribution in [1.29, 1.82) is 0 Å². The lowest BCUT2D eigenvalue weighted by Crippen LogP contribution is -2.41. The average molecular weight is 217 g/mol. The highest BCUT2D eigenvalue weighted by Gasteiger charge is 2.08. The molecule has 0 aliphatic heterocycles. The Hall–Kier alpha value is -1.30. The number of aliphatic carboxylic acids is 1. The fourth-order valence-electron chi connectivity index (χ4n) is 0.863. The zero-order chi connectivity index (χ0) is 11.8. The van der Waals surface area contributed by atoms with Crippen LogP contribution in [0.25, 0.3) is 0 Å². The van der Waals surface area contributed by atoms with Crippen LogP contribution in [0.3, 0.4) is 0 Å².